The molecule has 2 aliphatic rings. The highest BCUT2D eigenvalue weighted by atomic mass is 16.5. The van der Waals surface area contributed by atoms with E-state index in [1.807, 2.05) is 4.90 Å². The van der Waals surface area contributed by atoms with E-state index in [1.165, 1.54) is 6.42 Å². The predicted octanol–water partition coefficient (Wildman–Crippen LogP) is 2.22. The van der Waals surface area contributed by atoms with Crippen molar-refractivity contribution in [3.05, 3.63) is 35.4 Å². The van der Waals surface area contributed by atoms with Crippen LogP contribution in [0.1, 0.15) is 52.8 Å². The fourth-order valence-electron chi connectivity index (χ4n) is 3.19. The second-order valence-electron chi connectivity index (χ2n) is 6.28. The van der Waals surface area contributed by atoms with Crippen molar-refractivity contribution in [3.63, 3.8) is 0 Å². The van der Waals surface area contributed by atoms with E-state index < -0.39 is 0 Å². The first kappa shape index (κ1) is 16.0. The van der Waals surface area contributed by atoms with Gasteiger partial charge in [0.15, 0.2) is 0 Å². The molecule has 2 amide bonds. The average Bonchev–Trinajstić information content (AvgIpc) is 3.13. The molecule has 0 aromatic heterocycles. The SMILES string of the molecule is O=C(NCC1CCCO1)c1cccc(C(=O)N2CCCCC2)c1. The quantitative estimate of drug-likeness (QED) is 0.926. The maximum atomic E-state index is 12.5. The third-order valence-electron chi connectivity index (χ3n) is 4.53. The van der Waals surface area contributed by atoms with Crippen molar-refractivity contribution in [2.75, 3.05) is 26.2 Å². The summed E-state index contributed by atoms with van der Waals surface area (Å²) in [7, 11) is 0. The molecule has 5 heteroatoms. The normalized spacial score (nSPS) is 21.2. The van der Waals surface area contributed by atoms with Crippen LogP contribution in [0.25, 0.3) is 0 Å². The van der Waals surface area contributed by atoms with Crippen molar-refractivity contribution in [3.8, 4) is 0 Å². The Labute approximate surface area is 137 Å². The molecule has 2 saturated heterocycles. The zero-order valence-corrected chi connectivity index (χ0v) is 13.4. The Bertz CT molecular complexity index is 561. The van der Waals surface area contributed by atoms with Gasteiger partial charge in [-0.15, -0.1) is 0 Å². The molecule has 5 nitrogen and oxygen atoms in total. The van der Waals surface area contributed by atoms with Crippen molar-refractivity contribution in [1.29, 1.82) is 0 Å². The van der Waals surface area contributed by atoms with Crippen molar-refractivity contribution >= 4 is 11.8 Å². The minimum absolute atomic E-state index is 0.0264. The first-order valence-electron chi connectivity index (χ1n) is 8.53. The average molecular weight is 316 g/mol. The number of nitrogens with zero attached hydrogens (tertiary/aromatic N) is 1. The molecule has 1 atom stereocenters. The summed E-state index contributed by atoms with van der Waals surface area (Å²) in [5, 5.41) is 2.90. The maximum Gasteiger partial charge on any atom is 0.253 e. The lowest BCUT2D eigenvalue weighted by Crippen LogP contribution is -2.36. The van der Waals surface area contributed by atoms with Gasteiger partial charge in [0.1, 0.15) is 0 Å². The van der Waals surface area contributed by atoms with E-state index in [4.69, 9.17) is 4.74 Å². The number of hydrogen-bond donors (Lipinski definition) is 1. The molecule has 2 heterocycles. The topological polar surface area (TPSA) is 58.6 Å². The van der Waals surface area contributed by atoms with Crippen molar-refractivity contribution in [2.45, 2.75) is 38.2 Å². The first-order valence-corrected chi connectivity index (χ1v) is 8.53. The molecule has 23 heavy (non-hydrogen) atoms. The van der Waals surface area contributed by atoms with E-state index in [2.05, 4.69) is 5.32 Å². The molecule has 1 N–H and O–H groups in total. The lowest BCUT2D eigenvalue weighted by molar-refractivity contribution is 0.0724. The van der Waals surface area contributed by atoms with Crippen LogP contribution in [0.15, 0.2) is 24.3 Å². The van der Waals surface area contributed by atoms with Gasteiger partial charge in [-0.1, -0.05) is 6.07 Å². The van der Waals surface area contributed by atoms with E-state index >= 15 is 0 Å². The largest absolute Gasteiger partial charge is 0.376 e. The van der Waals surface area contributed by atoms with Crippen LogP contribution in [0, 0.1) is 0 Å². The van der Waals surface area contributed by atoms with Crippen LogP contribution in [-0.4, -0.2) is 49.1 Å². The lowest BCUT2D eigenvalue weighted by atomic mass is 10.1. The number of carbonyl (C=O) groups excluding carboxylic acids is 2. The van der Waals surface area contributed by atoms with Gasteiger partial charge in [-0.3, -0.25) is 9.59 Å². The van der Waals surface area contributed by atoms with Crippen molar-refractivity contribution in [2.24, 2.45) is 0 Å². The summed E-state index contributed by atoms with van der Waals surface area (Å²) in [5.74, 6) is -0.118. The lowest BCUT2D eigenvalue weighted by Gasteiger charge is -2.26. The molecular formula is C18H24N2O3. The first-order chi connectivity index (χ1) is 11.2. The molecule has 0 saturated carbocycles. The number of ether oxygens (including phenoxy) is 1. The summed E-state index contributed by atoms with van der Waals surface area (Å²) in [4.78, 5) is 26.7. The summed E-state index contributed by atoms with van der Waals surface area (Å²) in [5.41, 5.74) is 1.13. The number of amides is 2. The molecular weight excluding hydrogens is 292 g/mol. The van der Waals surface area contributed by atoms with Crippen LogP contribution < -0.4 is 5.32 Å². The van der Waals surface area contributed by atoms with Gasteiger partial charge >= 0.3 is 0 Å². The third kappa shape index (κ3) is 4.10. The predicted molar refractivity (Wildman–Crippen MR) is 87.5 cm³/mol. The van der Waals surface area contributed by atoms with Crippen LogP contribution in [0.5, 0.6) is 0 Å². The number of hydrogen-bond acceptors (Lipinski definition) is 3. The van der Waals surface area contributed by atoms with Gasteiger partial charge in [0.25, 0.3) is 11.8 Å². The molecule has 0 radical (unpaired) electrons. The Balaban J connectivity index is 1.61. The summed E-state index contributed by atoms with van der Waals surface area (Å²) in [6.07, 6.45) is 5.49. The monoisotopic (exact) mass is 316 g/mol. The highest BCUT2D eigenvalue weighted by Crippen LogP contribution is 2.15. The molecule has 2 aliphatic heterocycles. The molecule has 3 rings (SSSR count). The molecule has 1 unspecified atom stereocenters. The van der Waals surface area contributed by atoms with Gasteiger partial charge in [-0.25, -0.2) is 0 Å². The van der Waals surface area contributed by atoms with Crippen LogP contribution in [0.2, 0.25) is 0 Å². The van der Waals surface area contributed by atoms with Crippen LogP contribution >= 0.6 is 0 Å². The molecule has 1 aromatic rings. The Morgan fingerprint density at radius 1 is 1.13 bits per heavy atom. The number of carbonyl (C=O) groups is 2. The Kier molecular flexibility index (Phi) is 5.28. The van der Waals surface area contributed by atoms with Crippen molar-refractivity contribution < 1.29 is 14.3 Å². The van der Waals surface area contributed by atoms with E-state index in [0.29, 0.717) is 17.7 Å². The number of nitrogens with one attached hydrogen (secondary N) is 1. The standard InChI is InChI=1S/C18H24N2O3/c21-17(19-13-16-8-5-11-23-16)14-6-4-7-15(12-14)18(22)20-9-2-1-3-10-20/h4,6-7,12,16H,1-3,5,8-11,13H2,(H,19,21). The second kappa shape index (κ2) is 7.59. The third-order valence-corrected chi connectivity index (χ3v) is 4.53. The second-order valence-corrected chi connectivity index (χ2v) is 6.28. The summed E-state index contributed by atoms with van der Waals surface area (Å²) < 4.78 is 5.51. The van der Waals surface area contributed by atoms with Gasteiger partial charge < -0.3 is 15.0 Å². The van der Waals surface area contributed by atoms with Gasteiger partial charge in [-0.05, 0) is 50.3 Å². The molecule has 2 fully saturated rings. The smallest absolute Gasteiger partial charge is 0.253 e. The highest BCUT2D eigenvalue weighted by molar-refractivity contribution is 5.99. The zero-order valence-electron chi connectivity index (χ0n) is 13.4. The zero-order chi connectivity index (χ0) is 16.1. The Morgan fingerprint density at radius 2 is 1.91 bits per heavy atom. The van der Waals surface area contributed by atoms with Gasteiger partial charge in [0.05, 0.1) is 6.10 Å². The van der Waals surface area contributed by atoms with E-state index in [9.17, 15) is 9.59 Å². The number of rotatable bonds is 4. The number of likely N-dealkylation sites (tertiary alicyclic amines) is 1. The highest BCUT2D eigenvalue weighted by Gasteiger charge is 2.20. The van der Waals surface area contributed by atoms with Crippen LogP contribution in [0.3, 0.4) is 0 Å². The van der Waals surface area contributed by atoms with Gasteiger partial charge in [-0.2, -0.15) is 0 Å². The summed E-state index contributed by atoms with van der Waals surface area (Å²) in [6.45, 7) is 2.94. The number of piperidine rings is 1. The van der Waals surface area contributed by atoms with Crippen LogP contribution in [-0.2, 0) is 4.74 Å². The fraction of sp³-hybridized carbons (Fsp3) is 0.556. The molecule has 1 aromatic carbocycles. The molecule has 0 bridgehead atoms. The maximum absolute atomic E-state index is 12.5. The Hall–Kier alpha value is -1.88. The van der Waals surface area contributed by atoms with Crippen molar-refractivity contribution in [1.82, 2.24) is 10.2 Å². The molecule has 0 spiro atoms. The van der Waals surface area contributed by atoms with Gasteiger partial charge in [0, 0.05) is 37.4 Å². The minimum atomic E-state index is -0.145. The van der Waals surface area contributed by atoms with E-state index in [1.54, 1.807) is 24.3 Å². The minimum Gasteiger partial charge on any atom is -0.376 e. The molecule has 124 valence electrons. The van der Waals surface area contributed by atoms with E-state index in [0.717, 1.165) is 45.4 Å². The fourth-order valence-corrected chi connectivity index (χ4v) is 3.19. The summed E-state index contributed by atoms with van der Waals surface area (Å²) >= 11 is 0. The molecule has 0 aliphatic carbocycles. The van der Waals surface area contributed by atoms with Crippen LogP contribution in [0.4, 0.5) is 0 Å². The van der Waals surface area contributed by atoms with E-state index in [-0.39, 0.29) is 17.9 Å². The summed E-state index contributed by atoms with van der Waals surface area (Å²) in [6, 6.07) is 7.01. The Morgan fingerprint density at radius 3 is 2.65 bits per heavy atom. The number of benzene rings is 1. The van der Waals surface area contributed by atoms with Gasteiger partial charge in [0.2, 0.25) is 0 Å².